The van der Waals surface area contributed by atoms with Crippen molar-refractivity contribution in [1.82, 2.24) is 0 Å². The summed E-state index contributed by atoms with van der Waals surface area (Å²) < 4.78 is 15.7. The SMILES string of the molecule is COc1ccc(N=Cc2ccc(O[C@H](C)C(=O)O)c(OC)c2)cc1. The molecule has 2 rings (SSSR count). The summed E-state index contributed by atoms with van der Waals surface area (Å²) in [6.07, 6.45) is 0.729. The lowest BCUT2D eigenvalue weighted by Crippen LogP contribution is -2.23. The van der Waals surface area contributed by atoms with E-state index in [4.69, 9.17) is 19.3 Å². The Labute approximate surface area is 140 Å². The molecule has 0 aliphatic heterocycles. The molecule has 0 radical (unpaired) electrons. The summed E-state index contributed by atoms with van der Waals surface area (Å²) in [7, 11) is 3.11. The highest BCUT2D eigenvalue weighted by Crippen LogP contribution is 2.29. The molecule has 1 atom stereocenters. The van der Waals surface area contributed by atoms with Gasteiger partial charge in [0.15, 0.2) is 17.6 Å². The van der Waals surface area contributed by atoms with Crippen LogP contribution >= 0.6 is 0 Å². The number of carbonyl (C=O) groups is 1. The summed E-state index contributed by atoms with van der Waals surface area (Å²) in [5.74, 6) is 0.544. The Balaban J connectivity index is 2.16. The number of ether oxygens (including phenoxy) is 3. The molecule has 0 spiro atoms. The van der Waals surface area contributed by atoms with Crippen molar-refractivity contribution in [1.29, 1.82) is 0 Å². The number of carboxylic acid groups (broad SMARTS) is 1. The van der Waals surface area contributed by atoms with Crippen molar-refractivity contribution in [3.05, 3.63) is 48.0 Å². The quantitative estimate of drug-likeness (QED) is 0.789. The molecule has 0 unspecified atom stereocenters. The first-order valence-corrected chi connectivity index (χ1v) is 7.29. The number of hydrogen-bond acceptors (Lipinski definition) is 5. The van der Waals surface area contributed by atoms with Gasteiger partial charge in [0.25, 0.3) is 0 Å². The van der Waals surface area contributed by atoms with Crippen LogP contribution < -0.4 is 14.2 Å². The molecule has 0 saturated heterocycles. The Morgan fingerprint density at radius 3 is 2.38 bits per heavy atom. The van der Waals surface area contributed by atoms with E-state index in [1.54, 1.807) is 31.5 Å². The van der Waals surface area contributed by atoms with Gasteiger partial charge in [0, 0.05) is 6.21 Å². The van der Waals surface area contributed by atoms with Crippen molar-refractivity contribution in [2.45, 2.75) is 13.0 Å². The maximum Gasteiger partial charge on any atom is 0.344 e. The van der Waals surface area contributed by atoms with Crippen LogP contribution in [0.5, 0.6) is 17.2 Å². The number of carboxylic acids is 1. The van der Waals surface area contributed by atoms with Gasteiger partial charge in [0.05, 0.1) is 19.9 Å². The molecule has 6 heteroatoms. The third kappa shape index (κ3) is 4.49. The number of hydrogen-bond donors (Lipinski definition) is 1. The summed E-state index contributed by atoms with van der Waals surface area (Å²) in [4.78, 5) is 15.3. The molecule has 0 aliphatic carbocycles. The Morgan fingerprint density at radius 2 is 1.79 bits per heavy atom. The normalized spacial score (nSPS) is 12.0. The third-order valence-corrected chi connectivity index (χ3v) is 3.27. The zero-order valence-electron chi connectivity index (χ0n) is 13.7. The summed E-state index contributed by atoms with van der Waals surface area (Å²) in [5, 5.41) is 8.91. The Kier molecular flexibility index (Phi) is 5.78. The van der Waals surface area contributed by atoms with Gasteiger partial charge >= 0.3 is 5.97 Å². The topological polar surface area (TPSA) is 77.4 Å². The zero-order chi connectivity index (χ0) is 17.5. The average Bonchev–Trinajstić information content (AvgIpc) is 2.61. The molecular formula is C18H19NO5. The van der Waals surface area contributed by atoms with Gasteiger partial charge in [-0.3, -0.25) is 4.99 Å². The number of benzene rings is 2. The van der Waals surface area contributed by atoms with E-state index < -0.39 is 12.1 Å². The summed E-state index contributed by atoms with van der Waals surface area (Å²) in [6, 6.07) is 12.5. The van der Waals surface area contributed by atoms with E-state index in [1.807, 2.05) is 24.3 Å². The van der Waals surface area contributed by atoms with E-state index in [2.05, 4.69) is 4.99 Å². The maximum absolute atomic E-state index is 10.9. The minimum atomic E-state index is -1.04. The number of aliphatic imine (C=N–C) groups is 1. The lowest BCUT2D eigenvalue weighted by molar-refractivity contribution is -0.144. The maximum atomic E-state index is 10.9. The number of nitrogens with zero attached hydrogens (tertiary/aromatic N) is 1. The first-order valence-electron chi connectivity index (χ1n) is 7.29. The predicted molar refractivity (Wildman–Crippen MR) is 91.0 cm³/mol. The number of methoxy groups -OCH3 is 2. The fourth-order valence-electron chi connectivity index (χ4n) is 1.92. The molecule has 0 bridgehead atoms. The van der Waals surface area contributed by atoms with Gasteiger partial charge in [-0.2, -0.15) is 0 Å². The molecule has 0 fully saturated rings. The molecule has 0 aliphatic rings. The highest BCUT2D eigenvalue weighted by Gasteiger charge is 2.15. The molecule has 2 aromatic rings. The first-order chi connectivity index (χ1) is 11.5. The fourth-order valence-corrected chi connectivity index (χ4v) is 1.92. The zero-order valence-corrected chi connectivity index (χ0v) is 13.7. The van der Waals surface area contributed by atoms with E-state index >= 15 is 0 Å². The van der Waals surface area contributed by atoms with Crippen molar-refractivity contribution in [2.24, 2.45) is 4.99 Å². The van der Waals surface area contributed by atoms with Crippen LogP contribution in [-0.2, 0) is 4.79 Å². The summed E-state index contributed by atoms with van der Waals surface area (Å²) in [5.41, 5.74) is 1.59. The van der Waals surface area contributed by atoms with Crippen LogP contribution in [0.25, 0.3) is 0 Å². The minimum absolute atomic E-state index is 0.369. The van der Waals surface area contributed by atoms with Crippen molar-refractivity contribution in [3.8, 4) is 17.2 Å². The number of aliphatic carboxylic acids is 1. The van der Waals surface area contributed by atoms with Crippen LogP contribution in [-0.4, -0.2) is 37.6 Å². The second kappa shape index (κ2) is 8.01. The average molecular weight is 329 g/mol. The predicted octanol–water partition coefficient (Wildman–Crippen LogP) is 3.31. The molecule has 126 valence electrons. The van der Waals surface area contributed by atoms with E-state index in [-0.39, 0.29) is 0 Å². The van der Waals surface area contributed by atoms with Crippen LogP contribution in [0, 0.1) is 0 Å². The molecule has 2 aromatic carbocycles. The van der Waals surface area contributed by atoms with Crippen LogP contribution in [0.3, 0.4) is 0 Å². The molecule has 0 aromatic heterocycles. The van der Waals surface area contributed by atoms with Crippen LogP contribution in [0.4, 0.5) is 5.69 Å². The summed E-state index contributed by atoms with van der Waals surface area (Å²) >= 11 is 0. The van der Waals surface area contributed by atoms with Crippen molar-refractivity contribution in [2.75, 3.05) is 14.2 Å². The molecule has 1 N–H and O–H groups in total. The lowest BCUT2D eigenvalue weighted by Gasteiger charge is -2.14. The highest BCUT2D eigenvalue weighted by atomic mass is 16.5. The van der Waals surface area contributed by atoms with E-state index in [9.17, 15) is 4.79 Å². The Hall–Kier alpha value is -3.02. The second-order valence-corrected chi connectivity index (χ2v) is 4.96. The van der Waals surface area contributed by atoms with E-state index in [1.165, 1.54) is 14.0 Å². The van der Waals surface area contributed by atoms with Crippen LogP contribution in [0.2, 0.25) is 0 Å². The van der Waals surface area contributed by atoms with E-state index in [0.717, 1.165) is 17.0 Å². The number of rotatable bonds is 7. The highest BCUT2D eigenvalue weighted by molar-refractivity contribution is 5.83. The van der Waals surface area contributed by atoms with Gasteiger partial charge in [-0.25, -0.2) is 4.79 Å². The van der Waals surface area contributed by atoms with Gasteiger partial charge in [0.1, 0.15) is 5.75 Å². The standard InChI is InChI=1S/C18H19NO5/c1-12(18(20)21)24-16-9-4-13(10-17(16)23-3)11-19-14-5-7-15(22-2)8-6-14/h4-12H,1-3H3,(H,20,21)/t12-/m1/s1. The van der Waals surface area contributed by atoms with Gasteiger partial charge < -0.3 is 19.3 Å². The van der Waals surface area contributed by atoms with Crippen molar-refractivity contribution in [3.63, 3.8) is 0 Å². The van der Waals surface area contributed by atoms with E-state index in [0.29, 0.717) is 11.5 Å². The van der Waals surface area contributed by atoms with Crippen molar-refractivity contribution < 1.29 is 24.1 Å². The van der Waals surface area contributed by atoms with Crippen LogP contribution in [0.15, 0.2) is 47.5 Å². The Morgan fingerprint density at radius 1 is 1.08 bits per heavy atom. The monoisotopic (exact) mass is 329 g/mol. The van der Waals surface area contributed by atoms with Gasteiger partial charge in [0.2, 0.25) is 0 Å². The second-order valence-electron chi connectivity index (χ2n) is 4.96. The van der Waals surface area contributed by atoms with Crippen LogP contribution in [0.1, 0.15) is 12.5 Å². The van der Waals surface area contributed by atoms with Gasteiger partial charge in [-0.05, 0) is 55.0 Å². The first kappa shape index (κ1) is 17.3. The van der Waals surface area contributed by atoms with Crippen molar-refractivity contribution >= 4 is 17.9 Å². The smallest absolute Gasteiger partial charge is 0.344 e. The minimum Gasteiger partial charge on any atom is -0.497 e. The lowest BCUT2D eigenvalue weighted by atomic mass is 10.2. The summed E-state index contributed by atoms with van der Waals surface area (Å²) in [6.45, 7) is 1.46. The third-order valence-electron chi connectivity index (χ3n) is 3.27. The molecule has 6 nitrogen and oxygen atoms in total. The fraction of sp³-hybridized carbons (Fsp3) is 0.222. The largest absolute Gasteiger partial charge is 0.497 e. The Bertz CT molecular complexity index is 725. The molecular weight excluding hydrogens is 310 g/mol. The molecule has 0 saturated carbocycles. The molecule has 0 heterocycles. The molecule has 0 amide bonds. The van der Waals surface area contributed by atoms with Gasteiger partial charge in [-0.1, -0.05) is 0 Å². The van der Waals surface area contributed by atoms with Gasteiger partial charge in [-0.15, -0.1) is 0 Å². The molecule has 24 heavy (non-hydrogen) atoms.